The van der Waals surface area contributed by atoms with Crippen LogP contribution in [0.4, 0.5) is 4.39 Å². The molecule has 1 saturated carbocycles. The summed E-state index contributed by atoms with van der Waals surface area (Å²) in [6.07, 6.45) is 5.56. The van der Waals surface area contributed by atoms with E-state index in [1.807, 2.05) is 0 Å². The van der Waals surface area contributed by atoms with Gasteiger partial charge in [0.2, 0.25) is 5.91 Å². The molecule has 1 unspecified atom stereocenters. The molecule has 0 aromatic heterocycles. The Balaban J connectivity index is 1.99. The number of carbonyl (C=O) groups is 1. The number of alkyl halides is 1. The van der Waals surface area contributed by atoms with Crippen molar-refractivity contribution in [2.75, 3.05) is 0 Å². The minimum atomic E-state index is -0.822. The predicted octanol–water partition coefficient (Wildman–Crippen LogP) is 3.86. The lowest BCUT2D eigenvalue weighted by atomic mass is 9.95. The summed E-state index contributed by atoms with van der Waals surface area (Å²) in [5.41, 5.74) is 1.07. The Morgan fingerprint density at radius 1 is 1.37 bits per heavy atom. The molecule has 1 aromatic rings. The van der Waals surface area contributed by atoms with Crippen LogP contribution in [0.15, 0.2) is 18.2 Å². The van der Waals surface area contributed by atoms with Crippen LogP contribution in [0.1, 0.15) is 48.6 Å². The van der Waals surface area contributed by atoms with Crippen LogP contribution in [-0.2, 0) is 4.79 Å². The Bertz CT molecular complexity index is 457. The fourth-order valence-electron chi connectivity index (χ4n) is 2.44. The second-order valence-electron chi connectivity index (χ2n) is 5.21. The van der Waals surface area contributed by atoms with Crippen LogP contribution in [0.3, 0.4) is 0 Å². The highest BCUT2D eigenvalue weighted by atomic mass is 35.5. The third-order valence-electron chi connectivity index (χ3n) is 3.67. The van der Waals surface area contributed by atoms with E-state index < -0.39 is 5.38 Å². The van der Waals surface area contributed by atoms with Crippen LogP contribution in [0.5, 0.6) is 0 Å². The third-order valence-corrected chi connectivity index (χ3v) is 4.12. The number of amides is 1. The highest BCUT2D eigenvalue weighted by Gasteiger charge is 2.22. The Morgan fingerprint density at radius 2 is 2.05 bits per heavy atom. The molecule has 2 nitrogen and oxygen atoms in total. The maximum atomic E-state index is 13.5. The zero-order valence-corrected chi connectivity index (χ0v) is 11.8. The standard InChI is InChI=1S/C15H19ClFNO/c1-10-7-8-11(9-13(10)17)14(16)15(19)18-12-5-3-2-4-6-12/h7-9,12,14H,2-6H2,1H3,(H,18,19). The molecule has 0 bridgehead atoms. The zero-order chi connectivity index (χ0) is 13.8. The van der Waals surface area contributed by atoms with Crippen molar-refractivity contribution in [3.8, 4) is 0 Å². The summed E-state index contributed by atoms with van der Waals surface area (Å²) in [6, 6.07) is 4.91. The van der Waals surface area contributed by atoms with Gasteiger partial charge >= 0.3 is 0 Å². The average molecular weight is 284 g/mol. The van der Waals surface area contributed by atoms with Gasteiger partial charge in [0, 0.05) is 6.04 Å². The molecular formula is C15H19ClFNO. The van der Waals surface area contributed by atoms with E-state index in [9.17, 15) is 9.18 Å². The van der Waals surface area contributed by atoms with Gasteiger partial charge in [-0.3, -0.25) is 4.79 Å². The summed E-state index contributed by atoms with van der Waals surface area (Å²) in [6.45, 7) is 1.68. The highest BCUT2D eigenvalue weighted by Crippen LogP contribution is 2.24. The van der Waals surface area contributed by atoms with Gasteiger partial charge in [-0.25, -0.2) is 4.39 Å². The lowest BCUT2D eigenvalue weighted by Crippen LogP contribution is -2.38. The van der Waals surface area contributed by atoms with Crippen molar-refractivity contribution in [1.29, 1.82) is 0 Å². The molecule has 1 aliphatic carbocycles. The summed E-state index contributed by atoms with van der Waals surface area (Å²) in [4.78, 5) is 12.0. The van der Waals surface area contributed by atoms with Crippen molar-refractivity contribution in [2.24, 2.45) is 0 Å². The average Bonchev–Trinajstić information content (AvgIpc) is 2.42. The molecule has 1 aromatic carbocycles. The Labute approximate surface area is 118 Å². The van der Waals surface area contributed by atoms with Crippen LogP contribution >= 0.6 is 11.6 Å². The molecule has 1 amide bonds. The van der Waals surface area contributed by atoms with E-state index in [0.29, 0.717) is 11.1 Å². The van der Waals surface area contributed by atoms with E-state index in [2.05, 4.69) is 5.32 Å². The van der Waals surface area contributed by atoms with Crippen molar-refractivity contribution in [2.45, 2.75) is 50.4 Å². The first-order valence-corrected chi connectivity index (χ1v) is 7.22. The van der Waals surface area contributed by atoms with Crippen LogP contribution in [0.2, 0.25) is 0 Å². The summed E-state index contributed by atoms with van der Waals surface area (Å²) < 4.78 is 13.5. The van der Waals surface area contributed by atoms with E-state index in [1.165, 1.54) is 12.5 Å². The molecular weight excluding hydrogens is 265 g/mol. The molecule has 1 atom stereocenters. The molecule has 0 radical (unpaired) electrons. The molecule has 0 aliphatic heterocycles. The Morgan fingerprint density at radius 3 is 2.68 bits per heavy atom. The van der Waals surface area contributed by atoms with Crippen molar-refractivity contribution in [1.82, 2.24) is 5.32 Å². The van der Waals surface area contributed by atoms with Gasteiger partial charge in [0.1, 0.15) is 11.2 Å². The molecule has 2 rings (SSSR count). The lowest BCUT2D eigenvalue weighted by molar-refractivity contribution is -0.121. The smallest absolute Gasteiger partial charge is 0.242 e. The fourth-order valence-corrected chi connectivity index (χ4v) is 2.64. The first-order valence-electron chi connectivity index (χ1n) is 6.78. The van der Waals surface area contributed by atoms with Gasteiger partial charge in [-0.05, 0) is 37.0 Å². The number of nitrogens with one attached hydrogen (secondary N) is 1. The van der Waals surface area contributed by atoms with Crippen molar-refractivity contribution < 1.29 is 9.18 Å². The Kier molecular flexibility index (Phi) is 4.81. The summed E-state index contributed by atoms with van der Waals surface area (Å²) in [7, 11) is 0. The molecule has 0 saturated heterocycles. The maximum absolute atomic E-state index is 13.5. The van der Waals surface area contributed by atoms with Gasteiger partial charge in [0.25, 0.3) is 0 Å². The van der Waals surface area contributed by atoms with Gasteiger partial charge in [-0.15, -0.1) is 11.6 Å². The van der Waals surface area contributed by atoms with Crippen LogP contribution < -0.4 is 5.32 Å². The molecule has 1 fully saturated rings. The molecule has 1 N–H and O–H groups in total. The highest BCUT2D eigenvalue weighted by molar-refractivity contribution is 6.30. The number of carbonyl (C=O) groups excluding carboxylic acids is 1. The topological polar surface area (TPSA) is 29.1 Å². The number of hydrogen-bond acceptors (Lipinski definition) is 1. The number of aryl methyl sites for hydroxylation is 1. The van der Waals surface area contributed by atoms with E-state index >= 15 is 0 Å². The molecule has 4 heteroatoms. The Hall–Kier alpha value is -1.09. The van der Waals surface area contributed by atoms with Gasteiger partial charge in [-0.1, -0.05) is 31.4 Å². The summed E-state index contributed by atoms with van der Waals surface area (Å²) in [5.74, 6) is -0.551. The van der Waals surface area contributed by atoms with Crippen LogP contribution in [0.25, 0.3) is 0 Å². The maximum Gasteiger partial charge on any atom is 0.242 e. The molecule has 0 heterocycles. The normalized spacial score (nSPS) is 18.1. The number of hydrogen-bond donors (Lipinski definition) is 1. The predicted molar refractivity (Wildman–Crippen MR) is 74.7 cm³/mol. The van der Waals surface area contributed by atoms with Gasteiger partial charge in [0.05, 0.1) is 0 Å². The molecule has 0 spiro atoms. The molecule has 19 heavy (non-hydrogen) atoms. The monoisotopic (exact) mass is 283 g/mol. The van der Waals surface area contributed by atoms with Gasteiger partial charge in [0.15, 0.2) is 0 Å². The van der Waals surface area contributed by atoms with E-state index in [1.54, 1.807) is 19.1 Å². The quantitative estimate of drug-likeness (QED) is 0.839. The fraction of sp³-hybridized carbons (Fsp3) is 0.533. The molecule has 1 aliphatic rings. The first-order chi connectivity index (χ1) is 9.08. The third kappa shape index (κ3) is 3.69. The lowest BCUT2D eigenvalue weighted by Gasteiger charge is -2.24. The SMILES string of the molecule is Cc1ccc(C(Cl)C(=O)NC2CCCCC2)cc1F. The second kappa shape index (κ2) is 6.38. The largest absolute Gasteiger partial charge is 0.352 e. The number of rotatable bonds is 3. The van der Waals surface area contributed by atoms with Crippen molar-refractivity contribution in [3.05, 3.63) is 35.1 Å². The van der Waals surface area contributed by atoms with Crippen LogP contribution in [0, 0.1) is 12.7 Å². The zero-order valence-electron chi connectivity index (χ0n) is 11.1. The second-order valence-corrected chi connectivity index (χ2v) is 5.65. The van der Waals surface area contributed by atoms with Crippen molar-refractivity contribution >= 4 is 17.5 Å². The number of halogens is 2. The van der Waals surface area contributed by atoms with E-state index in [4.69, 9.17) is 11.6 Å². The van der Waals surface area contributed by atoms with E-state index in [0.717, 1.165) is 25.7 Å². The van der Waals surface area contributed by atoms with E-state index in [-0.39, 0.29) is 17.8 Å². The van der Waals surface area contributed by atoms with Crippen LogP contribution in [-0.4, -0.2) is 11.9 Å². The van der Waals surface area contributed by atoms with Crippen molar-refractivity contribution in [3.63, 3.8) is 0 Å². The molecule has 104 valence electrons. The minimum Gasteiger partial charge on any atom is -0.352 e. The minimum absolute atomic E-state index is 0.220. The summed E-state index contributed by atoms with van der Waals surface area (Å²) in [5, 5.41) is 2.14. The number of benzene rings is 1. The van der Waals surface area contributed by atoms with Gasteiger partial charge < -0.3 is 5.32 Å². The summed E-state index contributed by atoms with van der Waals surface area (Å²) >= 11 is 6.12. The van der Waals surface area contributed by atoms with Gasteiger partial charge in [-0.2, -0.15) is 0 Å². The first kappa shape index (κ1) is 14.3.